The van der Waals surface area contributed by atoms with Crippen LogP contribution >= 0.6 is 11.3 Å². The number of hydrogen-bond acceptors (Lipinski definition) is 5. The van der Waals surface area contributed by atoms with Crippen LogP contribution in [0.5, 0.6) is 11.5 Å². The molecular formula is C12H14N2O2S. The first kappa shape index (κ1) is 11.9. The molecule has 0 spiro atoms. The third-order valence-electron chi connectivity index (χ3n) is 2.57. The Hall–Kier alpha value is -1.59. The zero-order valence-corrected chi connectivity index (χ0v) is 10.2. The van der Waals surface area contributed by atoms with Crippen molar-refractivity contribution >= 4 is 11.3 Å². The molecule has 4 nitrogen and oxygen atoms in total. The van der Waals surface area contributed by atoms with Gasteiger partial charge in [-0.1, -0.05) is 6.07 Å². The van der Waals surface area contributed by atoms with Crippen molar-refractivity contribution in [2.75, 3.05) is 0 Å². The second-order valence-corrected chi connectivity index (χ2v) is 4.51. The Morgan fingerprint density at radius 3 is 2.65 bits per heavy atom. The number of phenolic OH excluding ortho intramolecular Hbond substituents is 2. The van der Waals surface area contributed by atoms with E-state index < -0.39 is 0 Å². The summed E-state index contributed by atoms with van der Waals surface area (Å²) in [6.07, 6.45) is 0. The summed E-state index contributed by atoms with van der Waals surface area (Å²) in [6.45, 7) is 2.50. The first-order valence-corrected chi connectivity index (χ1v) is 6.24. The molecule has 3 N–H and O–H groups in total. The number of hydrogen-bond donors (Lipinski definition) is 3. The average molecular weight is 250 g/mol. The second kappa shape index (κ2) is 5.16. The van der Waals surface area contributed by atoms with E-state index in [1.807, 2.05) is 12.3 Å². The van der Waals surface area contributed by atoms with Gasteiger partial charge in [-0.3, -0.25) is 0 Å². The molecule has 0 bridgehead atoms. The number of benzene rings is 1. The van der Waals surface area contributed by atoms with E-state index in [4.69, 9.17) is 0 Å². The van der Waals surface area contributed by atoms with E-state index >= 15 is 0 Å². The van der Waals surface area contributed by atoms with Crippen molar-refractivity contribution in [3.05, 3.63) is 40.3 Å². The first-order valence-electron chi connectivity index (χ1n) is 5.29. The van der Waals surface area contributed by atoms with E-state index in [9.17, 15) is 10.2 Å². The SMILES string of the molecule is CC(NCc1cscn1)c1c(O)cccc1O. The summed E-state index contributed by atoms with van der Waals surface area (Å²) in [5.74, 6) is 0.201. The highest BCUT2D eigenvalue weighted by atomic mass is 32.1. The zero-order valence-electron chi connectivity index (χ0n) is 9.42. The number of rotatable bonds is 4. The van der Waals surface area contributed by atoms with E-state index in [0.717, 1.165) is 5.69 Å². The molecule has 5 heteroatoms. The van der Waals surface area contributed by atoms with Gasteiger partial charge in [0.1, 0.15) is 11.5 Å². The number of phenols is 2. The van der Waals surface area contributed by atoms with Crippen molar-refractivity contribution < 1.29 is 10.2 Å². The monoisotopic (exact) mass is 250 g/mol. The lowest BCUT2D eigenvalue weighted by atomic mass is 10.1. The van der Waals surface area contributed by atoms with Crippen LogP contribution in [0.25, 0.3) is 0 Å². The zero-order chi connectivity index (χ0) is 12.3. The summed E-state index contributed by atoms with van der Waals surface area (Å²) in [5, 5.41) is 24.6. The largest absolute Gasteiger partial charge is 0.507 e. The van der Waals surface area contributed by atoms with Crippen molar-refractivity contribution in [3.8, 4) is 11.5 Å². The minimum atomic E-state index is -0.141. The predicted molar refractivity (Wildman–Crippen MR) is 67.1 cm³/mol. The number of aromatic nitrogens is 1. The number of aromatic hydroxyl groups is 2. The van der Waals surface area contributed by atoms with Crippen LogP contribution in [0.1, 0.15) is 24.2 Å². The average Bonchev–Trinajstić information content (AvgIpc) is 2.79. The highest BCUT2D eigenvalue weighted by Gasteiger charge is 2.14. The minimum absolute atomic E-state index is 0.100. The quantitative estimate of drug-likeness (QED) is 0.779. The molecule has 0 aliphatic rings. The molecule has 1 heterocycles. The van der Waals surface area contributed by atoms with Gasteiger partial charge in [-0.2, -0.15) is 0 Å². The fraction of sp³-hybridized carbons (Fsp3) is 0.250. The van der Waals surface area contributed by atoms with Crippen molar-refractivity contribution in [1.82, 2.24) is 10.3 Å². The normalized spacial score (nSPS) is 12.5. The van der Waals surface area contributed by atoms with Crippen LogP contribution in [-0.2, 0) is 6.54 Å². The molecule has 0 aliphatic carbocycles. The van der Waals surface area contributed by atoms with E-state index in [-0.39, 0.29) is 17.5 Å². The van der Waals surface area contributed by atoms with Crippen molar-refractivity contribution in [2.24, 2.45) is 0 Å². The lowest BCUT2D eigenvalue weighted by Gasteiger charge is -2.16. The summed E-state index contributed by atoms with van der Waals surface area (Å²) in [7, 11) is 0. The Labute approximate surface area is 104 Å². The van der Waals surface area contributed by atoms with Crippen LogP contribution in [0.3, 0.4) is 0 Å². The van der Waals surface area contributed by atoms with Crippen molar-refractivity contribution in [2.45, 2.75) is 19.5 Å². The molecule has 0 fully saturated rings. The summed E-state index contributed by atoms with van der Waals surface area (Å²) < 4.78 is 0. The molecule has 0 saturated carbocycles. The highest BCUT2D eigenvalue weighted by molar-refractivity contribution is 7.07. The lowest BCUT2D eigenvalue weighted by molar-refractivity contribution is 0.418. The van der Waals surface area contributed by atoms with Crippen LogP contribution in [0.4, 0.5) is 0 Å². The van der Waals surface area contributed by atoms with Crippen molar-refractivity contribution in [3.63, 3.8) is 0 Å². The Balaban J connectivity index is 2.07. The minimum Gasteiger partial charge on any atom is -0.507 e. The van der Waals surface area contributed by atoms with Gasteiger partial charge >= 0.3 is 0 Å². The molecule has 0 amide bonds. The molecule has 90 valence electrons. The van der Waals surface area contributed by atoms with Gasteiger partial charge in [0.15, 0.2) is 0 Å². The maximum Gasteiger partial charge on any atom is 0.124 e. The molecule has 1 aromatic heterocycles. The van der Waals surface area contributed by atoms with Gasteiger partial charge in [0.2, 0.25) is 0 Å². The summed E-state index contributed by atoms with van der Waals surface area (Å²) in [6, 6.07) is 4.60. The molecule has 1 aromatic carbocycles. The Kier molecular flexibility index (Phi) is 3.61. The molecule has 2 rings (SSSR count). The number of nitrogens with zero attached hydrogens (tertiary/aromatic N) is 1. The topological polar surface area (TPSA) is 65.4 Å². The molecular weight excluding hydrogens is 236 g/mol. The highest BCUT2D eigenvalue weighted by Crippen LogP contribution is 2.32. The molecule has 0 radical (unpaired) electrons. The third kappa shape index (κ3) is 2.75. The smallest absolute Gasteiger partial charge is 0.124 e. The molecule has 0 saturated heterocycles. The number of nitrogens with one attached hydrogen (secondary N) is 1. The van der Waals surface area contributed by atoms with Crippen molar-refractivity contribution in [1.29, 1.82) is 0 Å². The predicted octanol–water partition coefficient (Wildman–Crippen LogP) is 2.41. The molecule has 2 aromatic rings. The van der Waals surface area contributed by atoms with Gasteiger partial charge in [-0.25, -0.2) is 4.98 Å². The summed E-state index contributed by atoms with van der Waals surface area (Å²) in [4.78, 5) is 4.16. The Bertz CT molecular complexity index is 465. The summed E-state index contributed by atoms with van der Waals surface area (Å²) in [5.41, 5.74) is 3.25. The van der Waals surface area contributed by atoms with Gasteiger partial charge in [-0.05, 0) is 19.1 Å². The molecule has 1 atom stereocenters. The molecule has 1 unspecified atom stereocenters. The van der Waals surface area contributed by atoms with E-state index in [1.54, 1.807) is 35.0 Å². The Morgan fingerprint density at radius 1 is 1.35 bits per heavy atom. The molecule has 17 heavy (non-hydrogen) atoms. The fourth-order valence-electron chi connectivity index (χ4n) is 1.67. The number of thiazole rings is 1. The summed E-state index contributed by atoms with van der Waals surface area (Å²) >= 11 is 1.54. The lowest BCUT2D eigenvalue weighted by Crippen LogP contribution is -2.18. The van der Waals surface area contributed by atoms with Gasteiger partial charge in [0.25, 0.3) is 0 Å². The van der Waals surface area contributed by atoms with Crippen LogP contribution in [0, 0.1) is 0 Å². The van der Waals surface area contributed by atoms with Gasteiger partial charge in [0.05, 0.1) is 16.8 Å². The van der Waals surface area contributed by atoms with Gasteiger partial charge in [-0.15, -0.1) is 11.3 Å². The maximum absolute atomic E-state index is 9.71. The second-order valence-electron chi connectivity index (χ2n) is 3.79. The molecule has 0 aliphatic heterocycles. The van der Waals surface area contributed by atoms with Gasteiger partial charge in [0, 0.05) is 18.0 Å². The van der Waals surface area contributed by atoms with E-state index in [0.29, 0.717) is 12.1 Å². The van der Waals surface area contributed by atoms with Crippen LogP contribution < -0.4 is 5.32 Å². The van der Waals surface area contributed by atoms with E-state index in [2.05, 4.69) is 10.3 Å². The maximum atomic E-state index is 9.71. The Morgan fingerprint density at radius 2 is 2.06 bits per heavy atom. The third-order valence-corrected chi connectivity index (χ3v) is 3.20. The fourth-order valence-corrected chi connectivity index (χ4v) is 2.23. The van der Waals surface area contributed by atoms with Crippen LogP contribution in [0.15, 0.2) is 29.1 Å². The van der Waals surface area contributed by atoms with Crippen LogP contribution in [0.2, 0.25) is 0 Å². The van der Waals surface area contributed by atoms with E-state index in [1.165, 1.54) is 0 Å². The standard InChI is InChI=1S/C12H14N2O2S/c1-8(13-5-9-6-17-7-14-9)12-10(15)3-2-4-11(12)16/h2-4,6-8,13,15-16H,5H2,1H3. The van der Waals surface area contributed by atoms with Gasteiger partial charge < -0.3 is 15.5 Å². The first-order chi connectivity index (χ1) is 8.18. The van der Waals surface area contributed by atoms with Crippen LogP contribution in [-0.4, -0.2) is 15.2 Å².